The summed E-state index contributed by atoms with van der Waals surface area (Å²) in [5.41, 5.74) is 0.389. The number of fused-ring (bicyclic) bond motifs is 5. The molecule has 0 spiro atoms. The molecule has 4 rings (SSSR count). The van der Waals surface area contributed by atoms with Crippen LogP contribution in [0.4, 0.5) is 0 Å². The van der Waals surface area contributed by atoms with E-state index in [0.29, 0.717) is 24.2 Å². The third-order valence-electron chi connectivity index (χ3n) is 9.10. The van der Waals surface area contributed by atoms with Gasteiger partial charge in [-0.1, -0.05) is 24.6 Å². The van der Waals surface area contributed by atoms with E-state index >= 15 is 0 Å². The van der Waals surface area contributed by atoms with Crippen molar-refractivity contribution in [3.05, 3.63) is 11.6 Å². The van der Waals surface area contributed by atoms with Gasteiger partial charge >= 0.3 is 5.97 Å². The average molecular weight is 420 g/mol. The van der Waals surface area contributed by atoms with Gasteiger partial charge in [0.2, 0.25) is 6.61 Å². The number of carboxylic acid groups (broad SMARTS) is 1. The molecule has 30 heavy (non-hydrogen) atoms. The lowest BCUT2D eigenvalue weighted by molar-refractivity contribution is -0.164. The summed E-state index contributed by atoms with van der Waals surface area (Å²) in [5, 5.41) is 33.5. The maximum absolute atomic E-state index is 12.4. The number of ketones is 1. The predicted molar refractivity (Wildman–Crippen MR) is 110 cm³/mol. The molecule has 6 unspecified atom stereocenters. The first-order valence-electron chi connectivity index (χ1n) is 11.1. The first-order chi connectivity index (χ1) is 14.2. The van der Waals surface area contributed by atoms with Crippen LogP contribution in [0, 0.1) is 28.6 Å². The minimum absolute atomic E-state index is 0.0672. The zero-order valence-corrected chi connectivity index (χ0v) is 17.9. The molecule has 7 heteroatoms. The Morgan fingerprint density at radius 3 is 2.57 bits per heavy atom. The van der Waals surface area contributed by atoms with Crippen LogP contribution >= 0.6 is 0 Å². The third kappa shape index (κ3) is 3.04. The van der Waals surface area contributed by atoms with Crippen molar-refractivity contribution in [2.45, 2.75) is 70.8 Å². The number of aliphatic carboxylic acids is 1. The molecule has 4 aliphatic rings. The van der Waals surface area contributed by atoms with Crippen LogP contribution in [0.15, 0.2) is 16.8 Å². The van der Waals surface area contributed by atoms with Gasteiger partial charge in [-0.15, -0.1) is 0 Å². The molecule has 0 bridgehead atoms. The first-order valence-corrected chi connectivity index (χ1v) is 11.1. The summed E-state index contributed by atoms with van der Waals surface area (Å²) in [7, 11) is 0. The van der Waals surface area contributed by atoms with E-state index in [1.165, 1.54) is 5.57 Å². The van der Waals surface area contributed by atoms with E-state index in [9.17, 15) is 19.8 Å². The normalized spacial score (nSPS) is 43.9. The molecule has 0 saturated heterocycles. The molecule has 0 amide bonds. The van der Waals surface area contributed by atoms with Crippen LogP contribution in [0.3, 0.4) is 0 Å². The fourth-order valence-corrected chi connectivity index (χ4v) is 7.42. The molecular formula is C23H33NO6. The second kappa shape index (κ2) is 7.45. The predicted octanol–water partition coefficient (Wildman–Crippen LogP) is 2.70. The summed E-state index contributed by atoms with van der Waals surface area (Å²) < 4.78 is 0. The maximum Gasteiger partial charge on any atom is 0.344 e. The highest BCUT2D eigenvalue weighted by Crippen LogP contribution is 2.67. The van der Waals surface area contributed by atoms with Crippen LogP contribution in [-0.4, -0.2) is 51.6 Å². The van der Waals surface area contributed by atoms with Crippen molar-refractivity contribution in [1.82, 2.24) is 0 Å². The van der Waals surface area contributed by atoms with Gasteiger partial charge in [0.25, 0.3) is 0 Å². The largest absolute Gasteiger partial charge is 0.479 e. The highest BCUT2D eigenvalue weighted by molar-refractivity contribution is 5.96. The molecule has 6 atom stereocenters. The molecule has 0 aliphatic heterocycles. The number of nitrogens with zero attached hydrogens (tertiary/aromatic N) is 1. The number of hydrogen-bond donors (Lipinski definition) is 3. The van der Waals surface area contributed by atoms with Gasteiger partial charge in [-0.3, -0.25) is 4.79 Å². The number of carbonyl (C=O) groups excluding carboxylic acids is 1. The highest BCUT2D eigenvalue weighted by Gasteiger charge is 2.65. The summed E-state index contributed by atoms with van der Waals surface area (Å²) in [6.07, 6.45) is 8.86. The van der Waals surface area contributed by atoms with E-state index in [4.69, 9.17) is 9.94 Å². The number of aliphatic hydroxyl groups is 2. The maximum atomic E-state index is 12.4. The van der Waals surface area contributed by atoms with Gasteiger partial charge in [0.1, 0.15) is 12.2 Å². The summed E-state index contributed by atoms with van der Waals surface area (Å²) in [5.74, 6) is -0.191. The Bertz CT molecular complexity index is 806. The molecule has 166 valence electrons. The molecule has 0 heterocycles. The van der Waals surface area contributed by atoms with Crippen molar-refractivity contribution in [3.63, 3.8) is 0 Å². The van der Waals surface area contributed by atoms with E-state index in [2.05, 4.69) is 25.1 Å². The summed E-state index contributed by atoms with van der Waals surface area (Å²) in [4.78, 5) is 28.0. The first kappa shape index (κ1) is 21.5. The molecule has 0 radical (unpaired) electrons. The van der Waals surface area contributed by atoms with Crippen LogP contribution in [0.5, 0.6) is 0 Å². The SMILES string of the molecule is CC12CC/C(=N/OCC(=O)O)C=C1CCC1C2CCC2(C)C1CCC2(O)C(=O)CO. The Hall–Kier alpha value is -1.73. The Balaban J connectivity index is 1.57. The Morgan fingerprint density at radius 1 is 1.13 bits per heavy atom. The van der Waals surface area contributed by atoms with E-state index in [-0.39, 0.29) is 5.41 Å². The second-order valence-corrected chi connectivity index (χ2v) is 10.2. The molecule has 0 aromatic heterocycles. The van der Waals surface area contributed by atoms with Gasteiger partial charge in [0.15, 0.2) is 5.78 Å². The number of oxime groups is 1. The fourth-order valence-electron chi connectivity index (χ4n) is 7.42. The van der Waals surface area contributed by atoms with E-state index in [0.717, 1.165) is 50.7 Å². The van der Waals surface area contributed by atoms with Crippen molar-refractivity contribution in [2.24, 2.45) is 33.7 Å². The van der Waals surface area contributed by atoms with Crippen LogP contribution in [0.2, 0.25) is 0 Å². The van der Waals surface area contributed by atoms with E-state index < -0.39 is 36.0 Å². The summed E-state index contributed by atoms with van der Waals surface area (Å²) in [6.45, 7) is 3.38. The van der Waals surface area contributed by atoms with Crippen LogP contribution < -0.4 is 0 Å². The zero-order valence-electron chi connectivity index (χ0n) is 17.9. The van der Waals surface area contributed by atoms with Crippen molar-refractivity contribution in [1.29, 1.82) is 0 Å². The van der Waals surface area contributed by atoms with Gasteiger partial charge in [-0.25, -0.2) is 4.79 Å². The van der Waals surface area contributed by atoms with Crippen LogP contribution in [-0.2, 0) is 14.4 Å². The van der Waals surface area contributed by atoms with Gasteiger partial charge in [-0.05, 0) is 80.6 Å². The second-order valence-electron chi connectivity index (χ2n) is 10.2. The molecular weight excluding hydrogens is 386 g/mol. The van der Waals surface area contributed by atoms with Crippen LogP contribution in [0.1, 0.15) is 65.2 Å². The number of Topliss-reactive ketones (excluding diaryl/α,β-unsaturated/α-hetero) is 1. The molecule has 3 fully saturated rings. The van der Waals surface area contributed by atoms with Crippen molar-refractivity contribution < 1.29 is 29.7 Å². The van der Waals surface area contributed by atoms with Crippen molar-refractivity contribution in [3.8, 4) is 0 Å². The highest BCUT2D eigenvalue weighted by atomic mass is 16.6. The van der Waals surface area contributed by atoms with Gasteiger partial charge in [0.05, 0.1) is 5.71 Å². The van der Waals surface area contributed by atoms with Crippen molar-refractivity contribution >= 4 is 17.5 Å². The molecule has 3 N–H and O–H groups in total. The van der Waals surface area contributed by atoms with Crippen LogP contribution in [0.25, 0.3) is 0 Å². The fraction of sp³-hybridized carbons (Fsp3) is 0.783. The van der Waals surface area contributed by atoms with E-state index in [1.54, 1.807) is 0 Å². The molecule has 0 aromatic carbocycles. The minimum Gasteiger partial charge on any atom is -0.479 e. The average Bonchev–Trinajstić information content (AvgIpc) is 2.99. The number of hydrogen-bond acceptors (Lipinski definition) is 6. The van der Waals surface area contributed by atoms with Gasteiger partial charge < -0.3 is 20.2 Å². The molecule has 0 aromatic rings. The smallest absolute Gasteiger partial charge is 0.344 e. The standard InChI is InChI=1S/C23H33NO6/c1-21-8-5-15(24-30-13-20(27)28)11-14(21)3-4-16-17(21)6-9-22(2)18(16)7-10-23(22,29)19(26)12-25/h11,16-18,25,29H,3-10,12-13H2,1-2H3,(H,27,28)/b24-15-. The molecule has 3 saturated carbocycles. The zero-order chi connectivity index (χ0) is 21.7. The lowest BCUT2D eigenvalue weighted by Crippen LogP contribution is -2.58. The number of rotatable bonds is 5. The quantitative estimate of drug-likeness (QED) is 0.590. The lowest BCUT2D eigenvalue weighted by atomic mass is 9.46. The monoisotopic (exact) mass is 419 g/mol. The lowest BCUT2D eigenvalue weighted by Gasteiger charge is -2.59. The minimum atomic E-state index is -1.40. The Kier molecular flexibility index (Phi) is 5.34. The van der Waals surface area contributed by atoms with Gasteiger partial charge in [-0.2, -0.15) is 0 Å². The van der Waals surface area contributed by atoms with Crippen molar-refractivity contribution in [2.75, 3.05) is 13.2 Å². The van der Waals surface area contributed by atoms with Gasteiger partial charge in [0, 0.05) is 5.41 Å². The summed E-state index contributed by atoms with van der Waals surface area (Å²) >= 11 is 0. The topological polar surface area (TPSA) is 116 Å². The third-order valence-corrected chi connectivity index (χ3v) is 9.10. The number of allylic oxidation sites excluding steroid dienone is 2. The molecule has 7 nitrogen and oxygen atoms in total. The Morgan fingerprint density at radius 2 is 1.87 bits per heavy atom. The number of carboxylic acids is 1. The molecule has 4 aliphatic carbocycles. The number of carbonyl (C=O) groups is 2. The summed E-state index contributed by atoms with van der Waals surface area (Å²) in [6, 6.07) is 0. The van der Waals surface area contributed by atoms with E-state index in [1.807, 2.05) is 0 Å². The Labute approximate surface area is 177 Å². The number of aliphatic hydroxyl groups excluding tert-OH is 1.